The van der Waals surface area contributed by atoms with Gasteiger partial charge in [-0.1, -0.05) is 0 Å². The Morgan fingerprint density at radius 3 is 1.33 bits per heavy atom. The van der Waals surface area contributed by atoms with Gasteiger partial charge in [-0.05, 0) is 0 Å². The van der Waals surface area contributed by atoms with E-state index in [1.54, 1.807) is 0 Å². The minimum atomic E-state index is -0.562. The van der Waals surface area contributed by atoms with Crippen LogP contribution in [0.3, 0.4) is 0 Å². The van der Waals surface area contributed by atoms with E-state index in [9.17, 15) is 9.59 Å². The summed E-state index contributed by atoms with van der Waals surface area (Å²) < 4.78 is 3.97. The molecule has 0 bridgehead atoms. The van der Waals surface area contributed by atoms with Crippen LogP contribution in [0.2, 0.25) is 0 Å². The minimum absolute atomic E-state index is 0. The standard InChI is InChI=1S/C4H6O3.H3N.Na.H/c1-3(5)7-4(2)6;;;/h1-2H3;1H3;;. The van der Waals surface area contributed by atoms with Gasteiger partial charge in [-0.3, -0.25) is 9.59 Å². The summed E-state index contributed by atoms with van der Waals surface area (Å²) in [5.74, 6) is -1.12. The van der Waals surface area contributed by atoms with Crippen molar-refractivity contribution in [1.29, 1.82) is 0 Å². The Morgan fingerprint density at radius 2 is 1.33 bits per heavy atom. The fourth-order valence-corrected chi connectivity index (χ4v) is 0.202. The normalized spacial score (nSPS) is 6.00. The van der Waals surface area contributed by atoms with E-state index in [0.29, 0.717) is 0 Å². The third-order valence-corrected chi connectivity index (χ3v) is 0.287. The zero-order chi connectivity index (χ0) is 5.86. The maximum atomic E-state index is 9.81. The first-order chi connectivity index (χ1) is 3.13. The van der Waals surface area contributed by atoms with Gasteiger partial charge in [0.2, 0.25) is 0 Å². The van der Waals surface area contributed by atoms with E-state index in [1.807, 2.05) is 0 Å². The molecule has 0 aliphatic carbocycles. The first-order valence-electron chi connectivity index (χ1n) is 1.82. The van der Waals surface area contributed by atoms with Gasteiger partial charge in [0, 0.05) is 13.8 Å². The predicted octanol–water partition coefficient (Wildman–Crippen LogP) is -0.390. The van der Waals surface area contributed by atoms with Gasteiger partial charge in [0.1, 0.15) is 0 Å². The van der Waals surface area contributed by atoms with E-state index in [-0.39, 0.29) is 35.7 Å². The van der Waals surface area contributed by atoms with Crippen molar-refractivity contribution in [2.24, 2.45) is 0 Å². The van der Waals surface area contributed by atoms with Crippen LogP contribution in [0.1, 0.15) is 13.8 Å². The van der Waals surface area contributed by atoms with Crippen LogP contribution >= 0.6 is 0 Å². The van der Waals surface area contributed by atoms with Crippen molar-refractivity contribution in [3.05, 3.63) is 0 Å². The van der Waals surface area contributed by atoms with Gasteiger partial charge in [-0.25, -0.2) is 0 Å². The third kappa shape index (κ3) is 17.9. The first kappa shape index (κ1) is 16.0. The summed E-state index contributed by atoms with van der Waals surface area (Å²) in [5.41, 5.74) is 0. The molecule has 0 aliphatic heterocycles. The van der Waals surface area contributed by atoms with Crippen LogP contribution in [0.4, 0.5) is 0 Å². The summed E-state index contributed by atoms with van der Waals surface area (Å²) in [6.07, 6.45) is 0. The van der Waals surface area contributed by atoms with Gasteiger partial charge in [0.25, 0.3) is 0 Å². The molecule has 0 saturated heterocycles. The number of carbonyl (C=O) groups is 2. The van der Waals surface area contributed by atoms with Gasteiger partial charge >= 0.3 is 41.5 Å². The topological polar surface area (TPSA) is 78.4 Å². The number of hydrogen-bond acceptors (Lipinski definition) is 4. The van der Waals surface area contributed by atoms with Crippen molar-refractivity contribution in [3.8, 4) is 0 Å². The fourth-order valence-electron chi connectivity index (χ4n) is 0.202. The van der Waals surface area contributed by atoms with E-state index in [1.165, 1.54) is 13.8 Å². The van der Waals surface area contributed by atoms with Crippen molar-refractivity contribution in [2.75, 3.05) is 0 Å². The van der Waals surface area contributed by atoms with E-state index >= 15 is 0 Å². The van der Waals surface area contributed by atoms with Gasteiger partial charge in [0.15, 0.2) is 0 Å². The summed E-state index contributed by atoms with van der Waals surface area (Å²) in [4.78, 5) is 19.6. The summed E-state index contributed by atoms with van der Waals surface area (Å²) >= 11 is 0. The molecule has 0 aliphatic rings. The monoisotopic (exact) mass is 143 g/mol. The number of carbonyl (C=O) groups excluding carboxylic acids is 2. The summed E-state index contributed by atoms with van der Waals surface area (Å²) in [7, 11) is 0. The Labute approximate surface area is 75.8 Å². The first-order valence-corrected chi connectivity index (χ1v) is 1.82. The second-order valence-electron chi connectivity index (χ2n) is 1.09. The molecule has 0 heterocycles. The average Bonchev–Trinajstić information content (AvgIpc) is 1.27. The summed E-state index contributed by atoms with van der Waals surface area (Å²) in [6.45, 7) is 2.36. The fraction of sp³-hybridized carbons (Fsp3) is 0.500. The van der Waals surface area contributed by atoms with Gasteiger partial charge < -0.3 is 10.9 Å². The SMILES string of the molecule is CC(=O)OC(C)=O.N.[NaH]. The van der Waals surface area contributed by atoms with E-state index in [4.69, 9.17) is 0 Å². The van der Waals surface area contributed by atoms with Crippen molar-refractivity contribution < 1.29 is 14.3 Å². The Kier molecular flexibility index (Phi) is 14.4. The number of esters is 2. The molecule has 0 saturated carbocycles. The Balaban J connectivity index is -0.000000180. The van der Waals surface area contributed by atoms with Crippen molar-refractivity contribution >= 4 is 41.5 Å². The molecule has 4 nitrogen and oxygen atoms in total. The molecule has 0 aromatic rings. The van der Waals surface area contributed by atoms with Crippen LogP contribution in [0.15, 0.2) is 0 Å². The van der Waals surface area contributed by atoms with Crippen LogP contribution in [-0.4, -0.2) is 41.5 Å². The molecule has 0 rings (SSSR count). The quantitative estimate of drug-likeness (QED) is 0.284. The van der Waals surface area contributed by atoms with Crippen LogP contribution in [-0.2, 0) is 14.3 Å². The van der Waals surface area contributed by atoms with E-state index in [0.717, 1.165) is 0 Å². The number of hydrogen-bond donors (Lipinski definition) is 1. The second kappa shape index (κ2) is 8.10. The molecule has 0 amide bonds. The molecule has 0 spiro atoms. The van der Waals surface area contributed by atoms with Crippen LogP contribution in [0, 0.1) is 0 Å². The maximum absolute atomic E-state index is 9.81. The molecule has 5 heteroatoms. The molecule has 9 heavy (non-hydrogen) atoms. The Hall–Kier alpha value is 0.1000. The zero-order valence-corrected chi connectivity index (χ0v) is 4.93. The average molecular weight is 143 g/mol. The molecule has 0 aromatic heterocycles. The Morgan fingerprint density at radius 1 is 1.11 bits per heavy atom. The van der Waals surface area contributed by atoms with Gasteiger partial charge in [0.05, 0.1) is 0 Å². The predicted molar refractivity (Wildman–Crippen MR) is 34.6 cm³/mol. The molecule has 50 valence electrons. The molecule has 0 aromatic carbocycles. The summed E-state index contributed by atoms with van der Waals surface area (Å²) in [6, 6.07) is 0. The molecule has 0 unspecified atom stereocenters. The molecule has 0 atom stereocenters. The Bertz CT molecular complexity index is 92.0. The van der Waals surface area contributed by atoms with Crippen LogP contribution in [0.5, 0.6) is 0 Å². The van der Waals surface area contributed by atoms with Gasteiger partial charge in [-0.15, -0.1) is 0 Å². The van der Waals surface area contributed by atoms with E-state index < -0.39 is 11.9 Å². The summed E-state index contributed by atoms with van der Waals surface area (Å²) in [5, 5.41) is 0. The zero-order valence-electron chi connectivity index (χ0n) is 4.93. The molecule has 3 N–H and O–H groups in total. The third-order valence-electron chi connectivity index (χ3n) is 0.287. The van der Waals surface area contributed by atoms with Crippen LogP contribution < -0.4 is 6.15 Å². The van der Waals surface area contributed by atoms with Gasteiger partial charge in [-0.2, -0.15) is 0 Å². The van der Waals surface area contributed by atoms with Crippen molar-refractivity contribution in [2.45, 2.75) is 13.8 Å². The number of ether oxygens (including phenoxy) is 1. The van der Waals surface area contributed by atoms with E-state index in [2.05, 4.69) is 4.74 Å². The van der Waals surface area contributed by atoms with Crippen molar-refractivity contribution in [1.82, 2.24) is 6.15 Å². The number of rotatable bonds is 0. The molecular formula is C4H10NNaO3. The molecule has 0 radical (unpaired) electrons. The van der Waals surface area contributed by atoms with Crippen molar-refractivity contribution in [3.63, 3.8) is 0 Å². The molecular weight excluding hydrogens is 133 g/mol. The molecule has 0 fully saturated rings. The second-order valence-corrected chi connectivity index (χ2v) is 1.09. The van der Waals surface area contributed by atoms with Crippen LogP contribution in [0.25, 0.3) is 0 Å².